The normalized spacial score (nSPS) is 18.9. The highest BCUT2D eigenvalue weighted by atomic mass is 32.1. The molecule has 1 saturated heterocycles. The summed E-state index contributed by atoms with van der Waals surface area (Å²) in [6.45, 7) is 5.97. The lowest BCUT2D eigenvalue weighted by Crippen LogP contribution is -2.47. The summed E-state index contributed by atoms with van der Waals surface area (Å²) in [5, 5.41) is 1.07. The molecule has 2 aromatic heterocycles. The standard InChI is InChI=1S/C22H24N4O2S/c1-2-28-22(27)16-8-9-17-18(16)19-20(23-14-24-21(19)29-17)26-12-10-25(11-13-26)15-6-4-3-5-7-15/h3-7,14,16H,2,8-13H2,1H3. The van der Waals surface area contributed by atoms with Crippen molar-refractivity contribution in [3.8, 4) is 0 Å². The molecule has 1 aliphatic carbocycles. The Morgan fingerprint density at radius 3 is 2.66 bits per heavy atom. The predicted molar refractivity (Wildman–Crippen MR) is 116 cm³/mol. The number of carbonyl (C=O) groups excluding carboxylic acids is 1. The summed E-state index contributed by atoms with van der Waals surface area (Å²) in [5.74, 6) is 0.667. The smallest absolute Gasteiger partial charge is 0.313 e. The number of benzene rings is 1. The largest absolute Gasteiger partial charge is 0.466 e. The lowest BCUT2D eigenvalue weighted by Gasteiger charge is -2.37. The molecule has 6 nitrogen and oxygen atoms in total. The van der Waals surface area contributed by atoms with Crippen molar-refractivity contribution in [1.82, 2.24) is 9.97 Å². The summed E-state index contributed by atoms with van der Waals surface area (Å²) in [4.78, 5) is 28.8. The maximum absolute atomic E-state index is 12.6. The second kappa shape index (κ2) is 7.63. The quantitative estimate of drug-likeness (QED) is 0.615. The lowest BCUT2D eigenvalue weighted by atomic mass is 10.0. The van der Waals surface area contributed by atoms with Crippen LogP contribution in [0, 0.1) is 0 Å². The molecule has 5 rings (SSSR count). The van der Waals surface area contributed by atoms with Gasteiger partial charge in [-0.15, -0.1) is 11.3 Å². The molecule has 1 fully saturated rings. The van der Waals surface area contributed by atoms with Crippen LogP contribution in [0.4, 0.5) is 11.5 Å². The number of fused-ring (bicyclic) bond motifs is 3. The second-order valence-corrected chi connectivity index (χ2v) is 8.55. The van der Waals surface area contributed by atoms with Crippen LogP contribution in [0.1, 0.15) is 29.7 Å². The van der Waals surface area contributed by atoms with E-state index < -0.39 is 0 Å². The van der Waals surface area contributed by atoms with Gasteiger partial charge in [0.05, 0.1) is 17.9 Å². The number of hydrogen-bond donors (Lipinski definition) is 0. The van der Waals surface area contributed by atoms with E-state index in [1.165, 1.54) is 10.6 Å². The van der Waals surface area contributed by atoms with Gasteiger partial charge in [0.2, 0.25) is 0 Å². The van der Waals surface area contributed by atoms with Gasteiger partial charge >= 0.3 is 5.97 Å². The molecule has 2 aliphatic rings. The molecule has 150 valence electrons. The molecule has 29 heavy (non-hydrogen) atoms. The first-order valence-electron chi connectivity index (χ1n) is 10.2. The van der Waals surface area contributed by atoms with Gasteiger partial charge in [-0.3, -0.25) is 4.79 Å². The minimum absolute atomic E-state index is 0.116. The fourth-order valence-corrected chi connectivity index (χ4v) is 5.70. The Labute approximate surface area is 174 Å². The predicted octanol–water partition coefficient (Wildman–Crippen LogP) is 3.61. The van der Waals surface area contributed by atoms with Crippen LogP contribution in [0.2, 0.25) is 0 Å². The summed E-state index contributed by atoms with van der Waals surface area (Å²) in [7, 11) is 0. The number of aryl methyl sites for hydroxylation is 1. The highest BCUT2D eigenvalue weighted by Crippen LogP contribution is 2.46. The first-order valence-corrected chi connectivity index (χ1v) is 11.1. The lowest BCUT2D eigenvalue weighted by molar-refractivity contribution is -0.144. The average Bonchev–Trinajstić information content (AvgIpc) is 3.34. The van der Waals surface area contributed by atoms with Crippen molar-refractivity contribution in [2.24, 2.45) is 0 Å². The number of aromatic nitrogens is 2. The van der Waals surface area contributed by atoms with Crippen LogP contribution >= 0.6 is 11.3 Å². The molecule has 1 atom stereocenters. The molecule has 1 aliphatic heterocycles. The Balaban J connectivity index is 1.45. The number of thiophene rings is 1. The van der Waals surface area contributed by atoms with Gasteiger partial charge in [0.15, 0.2) is 0 Å². The van der Waals surface area contributed by atoms with Gasteiger partial charge in [0, 0.05) is 36.7 Å². The number of nitrogens with zero attached hydrogens (tertiary/aromatic N) is 4. The zero-order chi connectivity index (χ0) is 19.8. The highest BCUT2D eigenvalue weighted by molar-refractivity contribution is 7.19. The number of carbonyl (C=O) groups is 1. The minimum atomic E-state index is -0.186. The molecule has 0 amide bonds. The van der Waals surface area contributed by atoms with Crippen LogP contribution in [-0.2, 0) is 16.0 Å². The maximum Gasteiger partial charge on any atom is 0.313 e. The van der Waals surface area contributed by atoms with Crippen LogP contribution in [0.5, 0.6) is 0 Å². The van der Waals surface area contributed by atoms with E-state index in [2.05, 4.69) is 50.1 Å². The molecule has 0 N–H and O–H groups in total. The van der Waals surface area contributed by atoms with E-state index in [0.29, 0.717) is 6.61 Å². The van der Waals surface area contributed by atoms with E-state index in [1.807, 2.05) is 6.92 Å². The van der Waals surface area contributed by atoms with Crippen molar-refractivity contribution in [2.75, 3.05) is 42.6 Å². The monoisotopic (exact) mass is 408 g/mol. The molecule has 3 aromatic rings. The van der Waals surface area contributed by atoms with Crippen LogP contribution in [0.3, 0.4) is 0 Å². The summed E-state index contributed by atoms with van der Waals surface area (Å²) in [6, 6.07) is 10.5. The first kappa shape index (κ1) is 18.4. The molecular weight excluding hydrogens is 384 g/mol. The van der Waals surface area contributed by atoms with E-state index in [0.717, 1.165) is 60.6 Å². The summed E-state index contributed by atoms with van der Waals surface area (Å²) >= 11 is 1.71. The van der Waals surface area contributed by atoms with E-state index in [1.54, 1.807) is 17.7 Å². The molecule has 7 heteroatoms. The maximum atomic E-state index is 12.6. The molecule has 0 bridgehead atoms. The molecule has 1 unspecified atom stereocenters. The fraction of sp³-hybridized carbons (Fsp3) is 0.409. The van der Waals surface area contributed by atoms with Crippen molar-refractivity contribution in [3.05, 3.63) is 47.1 Å². The number of rotatable bonds is 4. The van der Waals surface area contributed by atoms with Gasteiger partial charge in [-0.05, 0) is 37.5 Å². The van der Waals surface area contributed by atoms with Crippen molar-refractivity contribution in [2.45, 2.75) is 25.7 Å². The molecule has 0 saturated carbocycles. The van der Waals surface area contributed by atoms with Gasteiger partial charge < -0.3 is 14.5 Å². The number of ether oxygens (including phenoxy) is 1. The Kier molecular flexibility index (Phi) is 4.83. The third-order valence-corrected chi connectivity index (χ3v) is 7.04. The number of anilines is 2. The summed E-state index contributed by atoms with van der Waals surface area (Å²) in [5.41, 5.74) is 2.38. The fourth-order valence-electron chi connectivity index (χ4n) is 4.49. The number of para-hydroxylation sites is 1. The third kappa shape index (κ3) is 3.23. The Bertz CT molecular complexity index is 1030. The molecule has 0 radical (unpaired) electrons. The molecule has 3 heterocycles. The van der Waals surface area contributed by atoms with Gasteiger partial charge in [-0.1, -0.05) is 18.2 Å². The molecular formula is C22H24N4O2S. The van der Waals surface area contributed by atoms with Crippen LogP contribution in [-0.4, -0.2) is 48.7 Å². The van der Waals surface area contributed by atoms with Crippen LogP contribution < -0.4 is 9.80 Å². The number of esters is 1. The van der Waals surface area contributed by atoms with E-state index in [9.17, 15) is 4.79 Å². The topological polar surface area (TPSA) is 58.6 Å². The number of piperazine rings is 1. The summed E-state index contributed by atoms with van der Waals surface area (Å²) < 4.78 is 5.35. The van der Waals surface area contributed by atoms with Crippen LogP contribution in [0.25, 0.3) is 10.2 Å². The van der Waals surface area contributed by atoms with Gasteiger partial charge in [-0.2, -0.15) is 0 Å². The zero-order valence-electron chi connectivity index (χ0n) is 16.5. The van der Waals surface area contributed by atoms with Crippen molar-refractivity contribution < 1.29 is 9.53 Å². The average molecular weight is 409 g/mol. The molecule has 1 aromatic carbocycles. The Hall–Kier alpha value is -2.67. The highest BCUT2D eigenvalue weighted by Gasteiger charge is 2.36. The van der Waals surface area contributed by atoms with Crippen molar-refractivity contribution >= 4 is 39.0 Å². The van der Waals surface area contributed by atoms with Gasteiger partial charge in [0.25, 0.3) is 0 Å². The molecule has 0 spiro atoms. The summed E-state index contributed by atoms with van der Waals surface area (Å²) in [6.07, 6.45) is 3.40. The zero-order valence-corrected chi connectivity index (χ0v) is 17.3. The van der Waals surface area contributed by atoms with Gasteiger partial charge in [-0.25, -0.2) is 9.97 Å². The Morgan fingerprint density at radius 2 is 1.90 bits per heavy atom. The van der Waals surface area contributed by atoms with E-state index in [4.69, 9.17) is 4.74 Å². The van der Waals surface area contributed by atoms with E-state index in [-0.39, 0.29) is 11.9 Å². The Morgan fingerprint density at radius 1 is 1.14 bits per heavy atom. The third-order valence-electron chi connectivity index (χ3n) is 5.86. The van der Waals surface area contributed by atoms with Crippen molar-refractivity contribution in [1.29, 1.82) is 0 Å². The second-order valence-electron chi connectivity index (χ2n) is 7.47. The SMILES string of the molecule is CCOC(=O)C1CCc2sc3ncnc(N4CCN(c5ccccc5)CC4)c3c21. The van der Waals surface area contributed by atoms with Gasteiger partial charge in [0.1, 0.15) is 17.0 Å². The van der Waals surface area contributed by atoms with Crippen molar-refractivity contribution in [3.63, 3.8) is 0 Å². The van der Waals surface area contributed by atoms with E-state index >= 15 is 0 Å². The first-order chi connectivity index (χ1) is 14.3. The minimum Gasteiger partial charge on any atom is -0.466 e. The number of hydrogen-bond acceptors (Lipinski definition) is 7. The van der Waals surface area contributed by atoms with Crippen LogP contribution in [0.15, 0.2) is 36.7 Å².